The van der Waals surface area contributed by atoms with Crippen molar-refractivity contribution in [2.24, 2.45) is 0 Å². The third-order valence-corrected chi connectivity index (χ3v) is 5.13. The Labute approximate surface area is 129 Å². The van der Waals surface area contributed by atoms with Crippen LogP contribution >= 0.6 is 27.3 Å². The molecule has 0 fully saturated rings. The summed E-state index contributed by atoms with van der Waals surface area (Å²) in [7, 11) is 0. The summed E-state index contributed by atoms with van der Waals surface area (Å²) in [6.45, 7) is 0. The lowest BCUT2D eigenvalue weighted by molar-refractivity contribution is 0.590. The number of fused-ring (bicyclic) bond motifs is 1. The van der Waals surface area contributed by atoms with E-state index < -0.39 is 0 Å². The third kappa shape index (κ3) is 2.76. The highest BCUT2D eigenvalue weighted by atomic mass is 79.9. The van der Waals surface area contributed by atoms with E-state index in [4.69, 9.17) is 0 Å². The van der Waals surface area contributed by atoms with E-state index >= 15 is 0 Å². The maximum Gasteiger partial charge on any atom is 0.126 e. The summed E-state index contributed by atoms with van der Waals surface area (Å²) in [6, 6.07) is 15.1. The maximum absolute atomic E-state index is 13.9. The largest absolute Gasteiger partial charge is 0.241 e. The number of hydrogen-bond acceptors (Lipinski definition) is 2. The van der Waals surface area contributed by atoms with Crippen molar-refractivity contribution < 1.29 is 4.39 Å². The van der Waals surface area contributed by atoms with Crippen molar-refractivity contribution in [3.05, 3.63) is 64.9 Å². The minimum absolute atomic E-state index is 0.108. The zero-order valence-electron chi connectivity index (χ0n) is 10.7. The number of thiazole rings is 1. The van der Waals surface area contributed by atoms with Gasteiger partial charge in [-0.2, -0.15) is 0 Å². The molecule has 4 heteroatoms. The molecule has 3 rings (SSSR count). The zero-order chi connectivity index (χ0) is 13.9. The molecular weight excluding hydrogens is 337 g/mol. The number of halogens is 2. The van der Waals surface area contributed by atoms with Gasteiger partial charge in [0, 0.05) is 17.7 Å². The maximum atomic E-state index is 13.9. The molecule has 0 saturated heterocycles. The first-order valence-electron chi connectivity index (χ1n) is 6.43. The molecule has 0 spiro atoms. The Morgan fingerprint density at radius 1 is 1.10 bits per heavy atom. The van der Waals surface area contributed by atoms with E-state index in [1.807, 2.05) is 30.3 Å². The molecule has 1 nitrogen and oxygen atoms in total. The Kier molecular flexibility index (Phi) is 4.13. The first-order valence-corrected chi connectivity index (χ1v) is 8.36. The van der Waals surface area contributed by atoms with Crippen LogP contribution in [-0.4, -0.2) is 10.3 Å². The van der Waals surface area contributed by atoms with E-state index in [0.717, 1.165) is 27.8 Å². The molecule has 0 amide bonds. The lowest BCUT2D eigenvalue weighted by Gasteiger charge is -2.13. The van der Waals surface area contributed by atoms with Gasteiger partial charge in [0.25, 0.3) is 0 Å². The Hall–Kier alpha value is -1.26. The van der Waals surface area contributed by atoms with E-state index in [0.29, 0.717) is 0 Å². The van der Waals surface area contributed by atoms with Crippen molar-refractivity contribution in [3.8, 4) is 0 Å². The summed E-state index contributed by atoms with van der Waals surface area (Å²) < 4.78 is 15.1. The fraction of sp³-hybridized carbons (Fsp3) is 0.188. The van der Waals surface area contributed by atoms with E-state index in [-0.39, 0.29) is 11.7 Å². The zero-order valence-corrected chi connectivity index (χ0v) is 13.1. The molecule has 0 aliphatic rings. The van der Waals surface area contributed by atoms with Crippen molar-refractivity contribution in [3.63, 3.8) is 0 Å². The molecule has 3 aromatic rings. The van der Waals surface area contributed by atoms with Crippen LogP contribution in [0.25, 0.3) is 10.2 Å². The van der Waals surface area contributed by atoms with E-state index in [1.165, 1.54) is 10.8 Å². The first kappa shape index (κ1) is 13.7. The minimum Gasteiger partial charge on any atom is -0.241 e. The average molecular weight is 350 g/mol. The van der Waals surface area contributed by atoms with Gasteiger partial charge in [0.1, 0.15) is 5.82 Å². The van der Waals surface area contributed by atoms with Crippen LogP contribution < -0.4 is 0 Å². The standard InChI is InChI=1S/C16H13BrFNS/c17-10-11(12-5-1-2-6-13(12)18)9-16-19-14-7-3-4-8-15(14)20-16/h1-8,11H,9-10H2. The van der Waals surface area contributed by atoms with Gasteiger partial charge in [-0.25, -0.2) is 9.37 Å². The van der Waals surface area contributed by atoms with Gasteiger partial charge in [-0.05, 0) is 23.8 Å². The van der Waals surface area contributed by atoms with Crippen LogP contribution in [0.5, 0.6) is 0 Å². The normalized spacial score (nSPS) is 12.7. The summed E-state index contributed by atoms with van der Waals surface area (Å²) in [5.74, 6) is -0.0326. The fourth-order valence-electron chi connectivity index (χ4n) is 2.27. The summed E-state index contributed by atoms with van der Waals surface area (Å²) in [4.78, 5) is 4.63. The molecule has 2 aromatic carbocycles. The number of para-hydroxylation sites is 1. The first-order chi connectivity index (χ1) is 9.78. The molecular formula is C16H13BrFNS. The number of nitrogens with zero attached hydrogens (tertiary/aromatic N) is 1. The number of benzene rings is 2. The molecule has 1 unspecified atom stereocenters. The minimum atomic E-state index is -0.141. The monoisotopic (exact) mass is 349 g/mol. The van der Waals surface area contributed by atoms with Crippen LogP contribution in [-0.2, 0) is 6.42 Å². The molecule has 20 heavy (non-hydrogen) atoms. The van der Waals surface area contributed by atoms with Crippen molar-refractivity contribution >= 4 is 37.5 Å². The molecule has 0 aliphatic heterocycles. The Bertz CT molecular complexity index is 692. The molecule has 0 aliphatic carbocycles. The number of hydrogen-bond donors (Lipinski definition) is 0. The lowest BCUT2D eigenvalue weighted by Crippen LogP contribution is -2.06. The van der Waals surface area contributed by atoms with Gasteiger partial charge in [0.15, 0.2) is 0 Å². The second kappa shape index (κ2) is 6.02. The topological polar surface area (TPSA) is 12.9 Å². The van der Waals surface area contributed by atoms with Crippen molar-refractivity contribution in [1.29, 1.82) is 0 Å². The number of alkyl halides is 1. The molecule has 102 valence electrons. The quantitative estimate of drug-likeness (QED) is 0.593. The van der Waals surface area contributed by atoms with Crippen LogP contribution in [0.2, 0.25) is 0 Å². The van der Waals surface area contributed by atoms with Gasteiger partial charge >= 0.3 is 0 Å². The fourth-order valence-corrected chi connectivity index (χ4v) is 3.90. The van der Waals surface area contributed by atoms with Crippen LogP contribution in [0.1, 0.15) is 16.5 Å². The Balaban J connectivity index is 1.90. The van der Waals surface area contributed by atoms with Gasteiger partial charge in [0.05, 0.1) is 15.2 Å². The molecule has 0 N–H and O–H groups in total. The molecule has 0 saturated carbocycles. The summed E-state index contributed by atoms with van der Waals surface area (Å²) in [6.07, 6.45) is 0.755. The molecule has 0 bridgehead atoms. The summed E-state index contributed by atoms with van der Waals surface area (Å²) in [5, 5.41) is 1.78. The lowest BCUT2D eigenvalue weighted by atomic mass is 9.97. The molecule has 1 aromatic heterocycles. The van der Waals surface area contributed by atoms with Crippen molar-refractivity contribution in [2.75, 3.05) is 5.33 Å². The van der Waals surface area contributed by atoms with Gasteiger partial charge < -0.3 is 0 Å². The van der Waals surface area contributed by atoms with Crippen molar-refractivity contribution in [1.82, 2.24) is 4.98 Å². The third-order valence-electron chi connectivity index (χ3n) is 3.29. The van der Waals surface area contributed by atoms with E-state index in [2.05, 4.69) is 27.0 Å². The summed E-state index contributed by atoms with van der Waals surface area (Å²) in [5.41, 5.74) is 1.78. The van der Waals surface area contributed by atoms with Gasteiger partial charge in [-0.3, -0.25) is 0 Å². The predicted molar refractivity (Wildman–Crippen MR) is 86.3 cm³/mol. The van der Waals surface area contributed by atoms with Crippen LogP contribution in [0.15, 0.2) is 48.5 Å². The summed E-state index contributed by atoms with van der Waals surface area (Å²) >= 11 is 5.19. The Morgan fingerprint density at radius 2 is 1.85 bits per heavy atom. The highest BCUT2D eigenvalue weighted by Crippen LogP contribution is 2.29. The highest BCUT2D eigenvalue weighted by Gasteiger charge is 2.17. The van der Waals surface area contributed by atoms with Crippen LogP contribution in [0, 0.1) is 5.82 Å². The number of aromatic nitrogens is 1. The van der Waals surface area contributed by atoms with E-state index in [9.17, 15) is 4.39 Å². The average Bonchev–Trinajstić information content (AvgIpc) is 2.88. The molecule has 0 radical (unpaired) electrons. The van der Waals surface area contributed by atoms with Crippen LogP contribution in [0.4, 0.5) is 4.39 Å². The SMILES string of the molecule is Fc1ccccc1C(CBr)Cc1nc2ccccc2s1. The van der Waals surface area contributed by atoms with Gasteiger partial charge in [-0.1, -0.05) is 46.3 Å². The van der Waals surface area contributed by atoms with Gasteiger partial charge in [-0.15, -0.1) is 11.3 Å². The second-order valence-corrected chi connectivity index (χ2v) is 6.41. The molecule has 1 atom stereocenters. The Morgan fingerprint density at radius 3 is 2.60 bits per heavy atom. The highest BCUT2D eigenvalue weighted by molar-refractivity contribution is 9.09. The smallest absolute Gasteiger partial charge is 0.126 e. The number of rotatable bonds is 4. The van der Waals surface area contributed by atoms with Crippen molar-refractivity contribution in [2.45, 2.75) is 12.3 Å². The van der Waals surface area contributed by atoms with Gasteiger partial charge in [0.2, 0.25) is 0 Å². The predicted octanol–water partition coefficient (Wildman–Crippen LogP) is 5.16. The second-order valence-electron chi connectivity index (χ2n) is 4.65. The van der Waals surface area contributed by atoms with Crippen LogP contribution in [0.3, 0.4) is 0 Å². The molecule has 1 heterocycles. The van der Waals surface area contributed by atoms with E-state index in [1.54, 1.807) is 17.4 Å².